The molecule has 128 valence electrons. The third-order valence-corrected chi connectivity index (χ3v) is 5.12. The number of quaternary nitrogens is 1. The molecule has 0 spiro atoms. The summed E-state index contributed by atoms with van der Waals surface area (Å²) in [6, 6.07) is 12.8. The van der Waals surface area contributed by atoms with Crippen molar-refractivity contribution in [1.29, 1.82) is 0 Å². The zero-order chi connectivity index (χ0) is 17.1. The fourth-order valence-corrected chi connectivity index (χ4v) is 3.75. The Labute approximate surface area is 148 Å². The molecular formula is C20H24N5+. The zero-order valence-electron chi connectivity index (χ0n) is 14.6. The first-order valence-corrected chi connectivity index (χ1v) is 9.11. The minimum atomic E-state index is 0.667. The van der Waals surface area contributed by atoms with Crippen molar-refractivity contribution >= 4 is 16.7 Å². The molecule has 2 atom stereocenters. The Hall–Kier alpha value is -2.53. The highest BCUT2D eigenvalue weighted by atomic mass is 15.2. The first kappa shape index (κ1) is 16.0. The Balaban J connectivity index is 1.67. The lowest BCUT2D eigenvalue weighted by Crippen LogP contribution is -3.14. The second kappa shape index (κ2) is 7.15. The quantitative estimate of drug-likeness (QED) is 0.751. The monoisotopic (exact) mass is 334 g/mol. The minimum Gasteiger partial charge on any atom is -0.363 e. The van der Waals surface area contributed by atoms with Crippen molar-refractivity contribution in [1.82, 2.24) is 15.0 Å². The van der Waals surface area contributed by atoms with Gasteiger partial charge in [-0.1, -0.05) is 12.1 Å². The molecule has 3 aromatic rings. The maximum Gasteiger partial charge on any atom is 0.163 e. The molecule has 3 heterocycles. The van der Waals surface area contributed by atoms with Crippen LogP contribution in [0.15, 0.2) is 48.8 Å². The number of para-hydroxylation sites is 1. The molecule has 25 heavy (non-hydrogen) atoms. The van der Waals surface area contributed by atoms with Crippen molar-refractivity contribution in [3.63, 3.8) is 0 Å². The largest absolute Gasteiger partial charge is 0.363 e. The lowest BCUT2D eigenvalue weighted by atomic mass is 10.2. The van der Waals surface area contributed by atoms with Crippen molar-refractivity contribution in [3.05, 3.63) is 48.8 Å². The maximum absolute atomic E-state index is 4.81. The molecule has 5 heteroatoms. The van der Waals surface area contributed by atoms with E-state index in [2.05, 4.69) is 23.3 Å². The molecule has 5 nitrogen and oxygen atoms in total. The smallest absolute Gasteiger partial charge is 0.163 e. The standard InChI is InChI=1S/C20H23N5/c1-2-25-12-6-8-16(25)14-22-20-17-9-3-4-10-18(17)23-19(24-20)15-7-5-11-21-13-15/h3-5,7,9-11,13,16H,2,6,8,12,14H2,1H3,(H,22,23,24)/p+1/t16-/m1/s1. The van der Waals surface area contributed by atoms with E-state index in [0.717, 1.165) is 34.7 Å². The molecule has 2 N–H and O–H groups in total. The number of aromatic nitrogens is 3. The Morgan fingerprint density at radius 2 is 2.08 bits per heavy atom. The predicted molar refractivity (Wildman–Crippen MR) is 101 cm³/mol. The van der Waals surface area contributed by atoms with Gasteiger partial charge in [0.2, 0.25) is 0 Å². The highest BCUT2D eigenvalue weighted by molar-refractivity contribution is 5.90. The molecular weight excluding hydrogens is 310 g/mol. The van der Waals surface area contributed by atoms with E-state index in [4.69, 9.17) is 9.97 Å². The molecule has 0 radical (unpaired) electrons. The minimum absolute atomic E-state index is 0.667. The first-order valence-electron chi connectivity index (χ1n) is 9.11. The number of hydrogen-bond acceptors (Lipinski definition) is 4. The number of benzene rings is 1. The van der Waals surface area contributed by atoms with Crippen LogP contribution in [0.25, 0.3) is 22.3 Å². The van der Waals surface area contributed by atoms with Crippen molar-refractivity contribution in [2.45, 2.75) is 25.8 Å². The molecule has 0 amide bonds. The summed E-state index contributed by atoms with van der Waals surface area (Å²) in [7, 11) is 0. The molecule has 2 aromatic heterocycles. The van der Waals surface area contributed by atoms with Crippen LogP contribution < -0.4 is 10.2 Å². The van der Waals surface area contributed by atoms with E-state index in [9.17, 15) is 0 Å². The number of likely N-dealkylation sites (tertiary alicyclic amines) is 1. The van der Waals surface area contributed by atoms with E-state index in [1.165, 1.54) is 25.9 Å². The van der Waals surface area contributed by atoms with Crippen LogP contribution in [0.2, 0.25) is 0 Å². The van der Waals surface area contributed by atoms with E-state index in [0.29, 0.717) is 6.04 Å². The number of likely N-dealkylation sites (N-methyl/N-ethyl adjacent to an activating group) is 1. The van der Waals surface area contributed by atoms with Gasteiger partial charge in [0.15, 0.2) is 5.82 Å². The Morgan fingerprint density at radius 1 is 1.16 bits per heavy atom. The van der Waals surface area contributed by atoms with Gasteiger partial charge in [0, 0.05) is 36.2 Å². The molecule has 1 fully saturated rings. The summed E-state index contributed by atoms with van der Waals surface area (Å²) in [4.78, 5) is 15.4. The summed E-state index contributed by atoms with van der Waals surface area (Å²) in [6.45, 7) is 5.71. The van der Waals surface area contributed by atoms with Gasteiger partial charge in [0.1, 0.15) is 11.9 Å². The first-order chi connectivity index (χ1) is 12.3. The number of nitrogens with zero attached hydrogens (tertiary/aromatic N) is 3. The maximum atomic E-state index is 4.81. The van der Waals surface area contributed by atoms with Gasteiger partial charge in [0.05, 0.1) is 25.2 Å². The number of rotatable bonds is 5. The molecule has 1 saturated heterocycles. The second-order valence-corrected chi connectivity index (χ2v) is 6.64. The van der Waals surface area contributed by atoms with Crippen molar-refractivity contribution < 1.29 is 4.90 Å². The SMILES string of the molecule is CC[NH+]1CCC[C@@H]1CNc1nc(-c2cccnc2)nc2ccccc12. The Kier molecular flexibility index (Phi) is 4.57. The van der Waals surface area contributed by atoms with Crippen LogP contribution in [0, 0.1) is 0 Å². The summed E-state index contributed by atoms with van der Waals surface area (Å²) >= 11 is 0. The lowest BCUT2D eigenvalue weighted by Gasteiger charge is -2.21. The average molecular weight is 334 g/mol. The summed E-state index contributed by atoms with van der Waals surface area (Å²) < 4.78 is 0. The van der Waals surface area contributed by atoms with Crippen LogP contribution in [0.1, 0.15) is 19.8 Å². The van der Waals surface area contributed by atoms with Crippen molar-refractivity contribution in [2.75, 3.05) is 25.0 Å². The molecule has 4 rings (SSSR count). The molecule has 0 saturated carbocycles. The van der Waals surface area contributed by atoms with Crippen molar-refractivity contribution in [3.8, 4) is 11.4 Å². The second-order valence-electron chi connectivity index (χ2n) is 6.64. The normalized spacial score (nSPS) is 20.0. The third kappa shape index (κ3) is 3.33. The highest BCUT2D eigenvalue weighted by Gasteiger charge is 2.26. The van der Waals surface area contributed by atoms with Gasteiger partial charge in [-0.3, -0.25) is 4.98 Å². The van der Waals surface area contributed by atoms with Crippen LogP contribution in [-0.4, -0.2) is 40.6 Å². The number of fused-ring (bicyclic) bond motifs is 1. The molecule has 1 aliphatic heterocycles. The van der Waals surface area contributed by atoms with Gasteiger partial charge in [0.25, 0.3) is 0 Å². The van der Waals surface area contributed by atoms with E-state index in [1.54, 1.807) is 11.1 Å². The van der Waals surface area contributed by atoms with Gasteiger partial charge in [-0.2, -0.15) is 0 Å². The van der Waals surface area contributed by atoms with Crippen LogP contribution in [0.4, 0.5) is 5.82 Å². The van der Waals surface area contributed by atoms with E-state index in [1.807, 2.05) is 36.5 Å². The van der Waals surface area contributed by atoms with Gasteiger partial charge in [-0.25, -0.2) is 9.97 Å². The molecule has 1 aliphatic rings. The molecule has 0 aliphatic carbocycles. The average Bonchev–Trinajstić information content (AvgIpc) is 3.14. The van der Waals surface area contributed by atoms with Gasteiger partial charge < -0.3 is 10.2 Å². The molecule has 1 aromatic carbocycles. The summed E-state index contributed by atoms with van der Waals surface area (Å²) in [5.41, 5.74) is 1.91. The van der Waals surface area contributed by atoms with E-state index >= 15 is 0 Å². The van der Waals surface area contributed by atoms with E-state index < -0.39 is 0 Å². The third-order valence-electron chi connectivity index (χ3n) is 5.12. The van der Waals surface area contributed by atoms with Crippen LogP contribution in [0.5, 0.6) is 0 Å². The topological polar surface area (TPSA) is 55.1 Å². The van der Waals surface area contributed by atoms with Gasteiger partial charge in [-0.15, -0.1) is 0 Å². The number of pyridine rings is 1. The molecule has 0 bridgehead atoms. The predicted octanol–water partition coefficient (Wildman–Crippen LogP) is 2.17. The van der Waals surface area contributed by atoms with E-state index in [-0.39, 0.29) is 0 Å². The molecule has 1 unspecified atom stereocenters. The van der Waals surface area contributed by atoms with Gasteiger partial charge >= 0.3 is 0 Å². The lowest BCUT2D eigenvalue weighted by molar-refractivity contribution is -0.908. The fraction of sp³-hybridized carbons (Fsp3) is 0.350. The number of hydrogen-bond donors (Lipinski definition) is 2. The number of anilines is 1. The number of nitrogens with one attached hydrogen (secondary N) is 2. The summed E-state index contributed by atoms with van der Waals surface area (Å²) in [5, 5.41) is 4.69. The summed E-state index contributed by atoms with van der Waals surface area (Å²) in [5.74, 6) is 1.65. The van der Waals surface area contributed by atoms with Crippen molar-refractivity contribution in [2.24, 2.45) is 0 Å². The highest BCUT2D eigenvalue weighted by Crippen LogP contribution is 2.24. The fourth-order valence-electron chi connectivity index (χ4n) is 3.75. The van der Waals surface area contributed by atoms with Gasteiger partial charge in [-0.05, 0) is 31.2 Å². The summed E-state index contributed by atoms with van der Waals surface area (Å²) in [6.07, 6.45) is 6.19. The van der Waals surface area contributed by atoms with Crippen LogP contribution in [0.3, 0.4) is 0 Å². The zero-order valence-corrected chi connectivity index (χ0v) is 14.6. The Bertz CT molecular complexity index is 849. The Morgan fingerprint density at radius 3 is 2.92 bits per heavy atom. The van der Waals surface area contributed by atoms with Crippen LogP contribution >= 0.6 is 0 Å². The van der Waals surface area contributed by atoms with Crippen LogP contribution in [-0.2, 0) is 0 Å².